The number of aryl methyl sites for hydroxylation is 1. The molecule has 1 unspecified atom stereocenters. The van der Waals surface area contributed by atoms with E-state index in [0.29, 0.717) is 47.4 Å². The number of benzene rings is 1. The number of aromatic nitrogens is 2. The summed E-state index contributed by atoms with van der Waals surface area (Å²) >= 11 is 0. The van der Waals surface area contributed by atoms with Crippen LogP contribution in [0.5, 0.6) is 0 Å². The van der Waals surface area contributed by atoms with Crippen molar-refractivity contribution in [2.75, 3.05) is 19.6 Å². The fourth-order valence-corrected chi connectivity index (χ4v) is 6.91. The van der Waals surface area contributed by atoms with Crippen LogP contribution in [-0.2, 0) is 11.2 Å². The normalized spacial score (nSPS) is 17.6. The van der Waals surface area contributed by atoms with Crippen LogP contribution in [0.15, 0.2) is 36.8 Å². The van der Waals surface area contributed by atoms with Gasteiger partial charge < -0.3 is 9.47 Å². The van der Waals surface area contributed by atoms with Crippen molar-refractivity contribution in [3.8, 4) is 5.69 Å². The van der Waals surface area contributed by atoms with Gasteiger partial charge in [-0.1, -0.05) is 13.8 Å². The van der Waals surface area contributed by atoms with Crippen LogP contribution in [0.4, 0.5) is 4.39 Å². The zero-order valence-electron chi connectivity index (χ0n) is 24.1. The van der Waals surface area contributed by atoms with Crippen LogP contribution in [-0.4, -0.2) is 62.8 Å². The van der Waals surface area contributed by atoms with Crippen LogP contribution in [0.25, 0.3) is 16.6 Å². The van der Waals surface area contributed by atoms with Gasteiger partial charge in [0, 0.05) is 62.3 Å². The van der Waals surface area contributed by atoms with Crippen LogP contribution in [0.2, 0.25) is 0 Å². The Morgan fingerprint density at radius 1 is 1.15 bits per heavy atom. The first-order valence-corrected chi connectivity index (χ1v) is 14.4. The maximum atomic E-state index is 14.5. The molecule has 0 radical (unpaired) electrons. The molecule has 2 aromatic heterocycles. The molecule has 2 aliphatic rings. The number of hydrogen-bond donors (Lipinski definition) is 0. The number of carbonyl (C=O) groups excluding carboxylic acids is 2. The molecule has 1 saturated carbocycles. The molecular formula is C32H41FN4O2. The Balaban J connectivity index is 1.46. The fourth-order valence-electron chi connectivity index (χ4n) is 6.91. The number of fused-ring (bicyclic) bond motifs is 1. The van der Waals surface area contributed by atoms with Crippen LogP contribution >= 0.6 is 0 Å². The van der Waals surface area contributed by atoms with E-state index in [4.69, 9.17) is 0 Å². The molecule has 3 aromatic rings. The number of likely N-dealkylation sites (tertiary alicyclic amines) is 1. The average Bonchev–Trinajstić information content (AvgIpc) is 3.20. The standard InChI is InChI=1S/C32H41FN4O2/c1-7-36(20(4)5)32(39)27-13-25(33)8-9-28(27)37-18-24(30-21(6)14-34-15-29(30)37)10-22-16-35(17-22)31(19(2)3)23-11-26(38)12-23/h8-9,13-15,18-20,22-23,31H,7,10-12,16-17H2,1-6H3. The van der Waals surface area contributed by atoms with Gasteiger partial charge in [0.2, 0.25) is 0 Å². The molecule has 1 aromatic carbocycles. The number of halogens is 1. The van der Waals surface area contributed by atoms with Crippen LogP contribution in [0.1, 0.15) is 68.9 Å². The first kappa shape index (κ1) is 27.5. The molecule has 1 atom stereocenters. The molecule has 1 aliphatic heterocycles. The Labute approximate surface area is 231 Å². The van der Waals surface area contributed by atoms with Crippen molar-refractivity contribution in [1.29, 1.82) is 0 Å². The van der Waals surface area contributed by atoms with Gasteiger partial charge in [0.15, 0.2) is 0 Å². The highest BCUT2D eigenvalue weighted by molar-refractivity contribution is 5.99. The number of carbonyl (C=O) groups is 2. The van der Waals surface area contributed by atoms with Gasteiger partial charge in [-0.2, -0.15) is 0 Å². The lowest BCUT2D eigenvalue weighted by Gasteiger charge is -2.50. The predicted octanol–water partition coefficient (Wildman–Crippen LogP) is 5.82. The SMILES string of the molecule is CCN(C(=O)c1cc(F)ccc1-n1cc(CC2CN(C(C(C)C)C3CC(=O)C3)C2)c2c(C)cncc21)C(C)C. The minimum atomic E-state index is -0.421. The lowest BCUT2D eigenvalue weighted by atomic mass is 9.72. The lowest BCUT2D eigenvalue weighted by molar-refractivity contribution is -0.131. The van der Waals surface area contributed by atoms with Crippen molar-refractivity contribution in [2.24, 2.45) is 17.8 Å². The molecule has 39 heavy (non-hydrogen) atoms. The second kappa shape index (κ2) is 10.8. The molecule has 2 fully saturated rings. The van der Waals surface area contributed by atoms with Crippen molar-refractivity contribution in [1.82, 2.24) is 19.4 Å². The molecular weight excluding hydrogens is 491 g/mol. The van der Waals surface area contributed by atoms with Crippen molar-refractivity contribution in [2.45, 2.75) is 72.9 Å². The molecule has 0 bridgehead atoms. The largest absolute Gasteiger partial charge is 0.336 e. The number of ketones is 1. The monoisotopic (exact) mass is 532 g/mol. The van der Waals surface area contributed by atoms with Crippen LogP contribution in [0.3, 0.4) is 0 Å². The van der Waals surface area contributed by atoms with Gasteiger partial charge in [-0.05, 0) is 81.2 Å². The van der Waals surface area contributed by atoms with E-state index < -0.39 is 5.82 Å². The molecule has 3 heterocycles. The highest BCUT2D eigenvalue weighted by Crippen LogP contribution is 2.38. The Morgan fingerprint density at radius 3 is 2.49 bits per heavy atom. The van der Waals surface area contributed by atoms with Gasteiger partial charge in [-0.15, -0.1) is 0 Å². The topological polar surface area (TPSA) is 58.4 Å². The highest BCUT2D eigenvalue weighted by atomic mass is 19.1. The Morgan fingerprint density at radius 2 is 1.87 bits per heavy atom. The van der Waals surface area contributed by atoms with Gasteiger partial charge in [0.25, 0.3) is 5.91 Å². The van der Waals surface area contributed by atoms with Crippen molar-refractivity contribution < 1.29 is 14.0 Å². The lowest BCUT2D eigenvalue weighted by Crippen LogP contribution is -2.58. The van der Waals surface area contributed by atoms with Crippen LogP contribution < -0.4 is 0 Å². The molecule has 1 saturated heterocycles. The molecule has 0 spiro atoms. The van der Waals surface area contributed by atoms with Gasteiger partial charge in [-0.3, -0.25) is 19.5 Å². The van der Waals surface area contributed by atoms with E-state index in [2.05, 4.69) is 36.9 Å². The quantitative estimate of drug-likeness (QED) is 0.348. The third-order valence-corrected chi connectivity index (χ3v) is 8.72. The summed E-state index contributed by atoms with van der Waals surface area (Å²) in [6.45, 7) is 15.1. The average molecular weight is 533 g/mol. The van der Waals surface area contributed by atoms with E-state index in [1.54, 1.807) is 11.0 Å². The summed E-state index contributed by atoms with van der Waals surface area (Å²) in [6, 6.07) is 4.97. The van der Waals surface area contributed by atoms with Crippen molar-refractivity contribution in [3.63, 3.8) is 0 Å². The van der Waals surface area contributed by atoms with E-state index in [1.807, 2.05) is 37.7 Å². The summed E-state index contributed by atoms with van der Waals surface area (Å²) in [5, 5.41) is 1.16. The van der Waals surface area contributed by atoms with Gasteiger partial charge in [0.1, 0.15) is 11.6 Å². The number of amides is 1. The van der Waals surface area contributed by atoms with Gasteiger partial charge >= 0.3 is 0 Å². The molecule has 208 valence electrons. The third kappa shape index (κ3) is 5.13. The Bertz CT molecular complexity index is 1380. The summed E-state index contributed by atoms with van der Waals surface area (Å²) in [5.41, 5.74) is 4.29. The molecule has 0 N–H and O–H groups in total. The van der Waals surface area contributed by atoms with Gasteiger partial charge in [-0.25, -0.2) is 4.39 Å². The summed E-state index contributed by atoms with van der Waals surface area (Å²) in [6.07, 6.45) is 8.25. The molecule has 7 heteroatoms. The first-order chi connectivity index (χ1) is 18.6. The molecule has 5 rings (SSSR count). The molecule has 1 aliphatic carbocycles. The zero-order valence-corrected chi connectivity index (χ0v) is 24.1. The zero-order chi connectivity index (χ0) is 28.0. The molecule has 6 nitrogen and oxygen atoms in total. The summed E-state index contributed by atoms with van der Waals surface area (Å²) in [5.74, 6) is 1.36. The minimum absolute atomic E-state index is 0.00813. The maximum absolute atomic E-state index is 14.5. The third-order valence-electron chi connectivity index (χ3n) is 8.72. The van der Waals surface area contributed by atoms with E-state index in [0.717, 1.165) is 48.8 Å². The van der Waals surface area contributed by atoms with Crippen molar-refractivity contribution >= 4 is 22.6 Å². The van der Waals surface area contributed by atoms with E-state index in [9.17, 15) is 14.0 Å². The molecule has 1 amide bonds. The van der Waals surface area contributed by atoms with Crippen molar-refractivity contribution in [3.05, 3.63) is 59.3 Å². The number of hydrogen-bond acceptors (Lipinski definition) is 4. The van der Waals surface area contributed by atoms with E-state index in [1.165, 1.54) is 17.7 Å². The Kier molecular flexibility index (Phi) is 7.64. The van der Waals surface area contributed by atoms with Crippen LogP contribution in [0, 0.1) is 30.5 Å². The second-order valence-electron chi connectivity index (χ2n) is 12.2. The number of rotatable bonds is 9. The fraction of sp³-hybridized carbons (Fsp3) is 0.531. The predicted molar refractivity (Wildman–Crippen MR) is 153 cm³/mol. The van der Waals surface area contributed by atoms with E-state index in [-0.39, 0.29) is 11.9 Å². The second-order valence-corrected chi connectivity index (χ2v) is 12.2. The summed E-state index contributed by atoms with van der Waals surface area (Å²) < 4.78 is 16.5. The van der Waals surface area contributed by atoms with E-state index >= 15 is 0 Å². The number of nitrogens with zero attached hydrogens (tertiary/aromatic N) is 4. The first-order valence-electron chi connectivity index (χ1n) is 14.4. The maximum Gasteiger partial charge on any atom is 0.256 e. The Hall–Kier alpha value is -3.06. The van der Waals surface area contributed by atoms with Gasteiger partial charge in [0.05, 0.1) is 23.0 Å². The number of Topliss-reactive ketones (excluding diaryl/α,β-unsaturated/α-hetero) is 1. The summed E-state index contributed by atoms with van der Waals surface area (Å²) in [7, 11) is 0. The smallest absolute Gasteiger partial charge is 0.256 e. The summed E-state index contributed by atoms with van der Waals surface area (Å²) in [4.78, 5) is 34.0. The highest BCUT2D eigenvalue weighted by Gasteiger charge is 2.42. The minimum Gasteiger partial charge on any atom is -0.336 e. The number of pyridine rings is 1.